The predicted molar refractivity (Wildman–Crippen MR) is 135 cm³/mol. The van der Waals surface area contributed by atoms with Crippen LogP contribution in [0, 0.1) is 0 Å². The van der Waals surface area contributed by atoms with Gasteiger partial charge in [0, 0.05) is 44.0 Å². The standard InChI is InChI=1S/C29H33N3O5/c1-19(2)36-27(35)31-14-8-21(9-15-31)20-3-5-22(6-4-20)28(10-11-28)26(34)32-16-12-29(18-32)24-7-13-30-17-23(24)25(33)37-29/h3-7,13,17,19,21H,8-12,14-16,18H2,1-2H3. The van der Waals surface area contributed by atoms with Crippen LogP contribution in [0.2, 0.25) is 0 Å². The van der Waals surface area contributed by atoms with Gasteiger partial charge in [-0.15, -0.1) is 0 Å². The molecule has 2 aromatic rings. The van der Waals surface area contributed by atoms with Gasteiger partial charge >= 0.3 is 12.1 Å². The summed E-state index contributed by atoms with van der Waals surface area (Å²) in [5, 5.41) is 0. The van der Waals surface area contributed by atoms with Crippen molar-refractivity contribution in [3.05, 3.63) is 65.0 Å². The summed E-state index contributed by atoms with van der Waals surface area (Å²) in [5.74, 6) is 0.178. The molecule has 3 aliphatic heterocycles. The number of rotatable bonds is 4. The molecule has 1 atom stereocenters. The quantitative estimate of drug-likeness (QED) is 0.583. The number of nitrogens with zero attached hydrogens (tertiary/aromatic N) is 3. The SMILES string of the molecule is CC(C)OC(=O)N1CCC(c2ccc(C3(C(=O)N4CCC5(C4)OC(=O)c4cnccc45)CC3)cc2)CC1. The van der Waals surface area contributed by atoms with Gasteiger partial charge in [-0.3, -0.25) is 9.78 Å². The van der Waals surface area contributed by atoms with Crippen molar-refractivity contribution in [2.24, 2.45) is 0 Å². The summed E-state index contributed by atoms with van der Waals surface area (Å²) in [6.07, 6.45) is 7.00. The number of pyridine rings is 1. The van der Waals surface area contributed by atoms with Gasteiger partial charge in [-0.05, 0) is 62.6 Å². The number of aromatic nitrogens is 1. The summed E-state index contributed by atoms with van der Waals surface area (Å²) in [7, 11) is 0. The third kappa shape index (κ3) is 4.06. The Kier molecular flexibility index (Phi) is 5.73. The average Bonchev–Trinajstić information content (AvgIpc) is 3.54. The fraction of sp³-hybridized carbons (Fsp3) is 0.517. The molecular weight excluding hydrogens is 470 g/mol. The minimum Gasteiger partial charge on any atom is -0.449 e. The van der Waals surface area contributed by atoms with Crippen molar-refractivity contribution in [2.45, 2.75) is 69.0 Å². The van der Waals surface area contributed by atoms with Gasteiger partial charge < -0.3 is 19.3 Å². The molecule has 1 unspecified atom stereocenters. The molecule has 8 nitrogen and oxygen atoms in total. The van der Waals surface area contributed by atoms with Crippen molar-refractivity contribution in [3.8, 4) is 0 Å². The molecule has 1 spiro atoms. The second-order valence-corrected chi connectivity index (χ2v) is 11.2. The lowest BCUT2D eigenvalue weighted by atomic mass is 9.86. The number of hydrogen-bond acceptors (Lipinski definition) is 6. The van der Waals surface area contributed by atoms with E-state index in [1.165, 1.54) is 5.56 Å². The minimum atomic E-state index is -0.749. The van der Waals surface area contributed by atoms with Crippen LogP contribution in [0.15, 0.2) is 42.7 Å². The maximum absolute atomic E-state index is 13.8. The number of benzene rings is 1. The number of carbonyl (C=O) groups excluding carboxylic acids is 3. The van der Waals surface area contributed by atoms with Crippen LogP contribution in [-0.2, 0) is 25.3 Å². The molecule has 4 heterocycles. The highest BCUT2D eigenvalue weighted by molar-refractivity contribution is 5.95. The molecular formula is C29H33N3O5. The smallest absolute Gasteiger partial charge is 0.410 e. The molecule has 0 radical (unpaired) electrons. The summed E-state index contributed by atoms with van der Waals surface area (Å²) in [6, 6.07) is 10.4. The summed E-state index contributed by atoms with van der Waals surface area (Å²) in [6.45, 7) is 6.09. The van der Waals surface area contributed by atoms with Gasteiger partial charge in [-0.25, -0.2) is 9.59 Å². The van der Waals surface area contributed by atoms with Gasteiger partial charge in [0.25, 0.3) is 0 Å². The Bertz CT molecular complexity index is 1230. The van der Waals surface area contributed by atoms with Gasteiger partial charge in [0.05, 0.1) is 23.6 Å². The summed E-state index contributed by atoms with van der Waals surface area (Å²) < 4.78 is 11.2. The first-order valence-corrected chi connectivity index (χ1v) is 13.3. The third-order valence-corrected chi connectivity index (χ3v) is 8.52. The van der Waals surface area contributed by atoms with Gasteiger partial charge in [-0.2, -0.15) is 0 Å². The zero-order valence-corrected chi connectivity index (χ0v) is 21.4. The van der Waals surface area contributed by atoms with Crippen LogP contribution in [0.1, 0.15) is 78.9 Å². The number of esters is 1. The maximum Gasteiger partial charge on any atom is 0.410 e. The molecule has 6 rings (SSSR count). The first-order valence-electron chi connectivity index (χ1n) is 13.3. The van der Waals surface area contributed by atoms with Crippen LogP contribution in [-0.4, -0.2) is 65.0 Å². The number of amides is 2. The van der Waals surface area contributed by atoms with E-state index in [0.29, 0.717) is 44.1 Å². The number of ether oxygens (including phenoxy) is 2. The van der Waals surface area contributed by atoms with Crippen molar-refractivity contribution in [1.29, 1.82) is 0 Å². The van der Waals surface area contributed by atoms with Gasteiger partial charge in [0.2, 0.25) is 5.91 Å². The molecule has 2 amide bonds. The number of hydrogen-bond donors (Lipinski definition) is 0. The molecule has 0 bridgehead atoms. The average molecular weight is 504 g/mol. The normalized spacial score (nSPS) is 24.4. The van der Waals surface area contributed by atoms with E-state index in [4.69, 9.17) is 9.47 Å². The number of carbonyl (C=O) groups is 3. The van der Waals surface area contributed by atoms with E-state index < -0.39 is 11.0 Å². The molecule has 1 aliphatic carbocycles. The molecule has 8 heteroatoms. The lowest BCUT2D eigenvalue weighted by molar-refractivity contribution is -0.134. The van der Waals surface area contributed by atoms with E-state index in [1.807, 2.05) is 24.8 Å². The lowest BCUT2D eigenvalue weighted by Crippen LogP contribution is -2.40. The Labute approximate surface area is 216 Å². The van der Waals surface area contributed by atoms with E-state index in [-0.39, 0.29) is 24.1 Å². The van der Waals surface area contributed by atoms with Crippen molar-refractivity contribution < 1.29 is 23.9 Å². The molecule has 37 heavy (non-hydrogen) atoms. The van der Waals surface area contributed by atoms with Gasteiger partial charge in [0.1, 0.15) is 0 Å². The fourth-order valence-electron chi connectivity index (χ4n) is 6.30. The van der Waals surface area contributed by atoms with Gasteiger partial charge in [0.15, 0.2) is 5.60 Å². The molecule has 0 N–H and O–H groups in total. The highest BCUT2D eigenvalue weighted by Gasteiger charge is 2.57. The second kappa shape index (κ2) is 8.85. The third-order valence-electron chi connectivity index (χ3n) is 8.52. The van der Waals surface area contributed by atoms with Crippen LogP contribution in [0.5, 0.6) is 0 Å². The van der Waals surface area contributed by atoms with Crippen molar-refractivity contribution in [2.75, 3.05) is 26.2 Å². The molecule has 1 aromatic heterocycles. The largest absolute Gasteiger partial charge is 0.449 e. The van der Waals surface area contributed by atoms with Crippen molar-refractivity contribution in [3.63, 3.8) is 0 Å². The van der Waals surface area contributed by atoms with Crippen molar-refractivity contribution >= 4 is 18.0 Å². The molecule has 1 saturated carbocycles. The number of fused-ring (bicyclic) bond motifs is 2. The molecule has 2 saturated heterocycles. The van der Waals surface area contributed by atoms with Crippen LogP contribution in [0.4, 0.5) is 4.79 Å². The van der Waals surface area contributed by atoms with Crippen molar-refractivity contribution in [1.82, 2.24) is 14.8 Å². The fourth-order valence-corrected chi connectivity index (χ4v) is 6.30. The first kappa shape index (κ1) is 23.9. The lowest BCUT2D eigenvalue weighted by Gasteiger charge is -2.32. The number of likely N-dealkylation sites (tertiary alicyclic amines) is 2. The molecule has 4 aliphatic rings. The summed E-state index contributed by atoms with van der Waals surface area (Å²) >= 11 is 0. The summed E-state index contributed by atoms with van der Waals surface area (Å²) in [4.78, 5) is 46.1. The Morgan fingerprint density at radius 2 is 1.76 bits per heavy atom. The highest BCUT2D eigenvalue weighted by atomic mass is 16.6. The van der Waals surface area contributed by atoms with Gasteiger partial charge in [-0.1, -0.05) is 24.3 Å². The first-order chi connectivity index (χ1) is 17.8. The van der Waals surface area contributed by atoms with Crippen LogP contribution >= 0.6 is 0 Å². The Balaban J connectivity index is 1.11. The Morgan fingerprint density at radius 3 is 2.43 bits per heavy atom. The van der Waals surface area contributed by atoms with E-state index >= 15 is 0 Å². The van der Waals surface area contributed by atoms with E-state index in [9.17, 15) is 14.4 Å². The predicted octanol–water partition coefficient (Wildman–Crippen LogP) is 4.14. The maximum atomic E-state index is 13.8. The Hall–Kier alpha value is -3.42. The zero-order valence-electron chi connectivity index (χ0n) is 21.4. The van der Waals surface area contributed by atoms with E-state index in [2.05, 4.69) is 29.2 Å². The zero-order chi connectivity index (χ0) is 25.8. The monoisotopic (exact) mass is 503 g/mol. The van der Waals surface area contributed by atoms with E-state index in [1.54, 1.807) is 17.3 Å². The molecule has 194 valence electrons. The Morgan fingerprint density at radius 1 is 1.03 bits per heavy atom. The number of piperidine rings is 1. The second-order valence-electron chi connectivity index (χ2n) is 11.2. The van der Waals surface area contributed by atoms with Crippen LogP contribution < -0.4 is 0 Å². The highest BCUT2D eigenvalue weighted by Crippen LogP contribution is 2.52. The molecule has 1 aromatic carbocycles. The van der Waals surface area contributed by atoms with Crippen LogP contribution in [0.25, 0.3) is 0 Å². The minimum absolute atomic E-state index is 0.109. The topological polar surface area (TPSA) is 89.0 Å². The molecule has 3 fully saturated rings. The van der Waals surface area contributed by atoms with Crippen LogP contribution in [0.3, 0.4) is 0 Å². The van der Waals surface area contributed by atoms with E-state index in [0.717, 1.165) is 36.8 Å². The summed E-state index contributed by atoms with van der Waals surface area (Å²) in [5.41, 5.74) is 2.45.